The van der Waals surface area contributed by atoms with Gasteiger partial charge >= 0.3 is 0 Å². The lowest BCUT2D eigenvalue weighted by atomic mass is 9.75. The Morgan fingerprint density at radius 1 is 1.31 bits per heavy atom. The maximum Gasteiger partial charge on any atom is 0.0327 e. The summed E-state index contributed by atoms with van der Waals surface area (Å²) in [4.78, 5) is 2.42. The van der Waals surface area contributed by atoms with Crippen molar-refractivity contribution in [2.24, 2.45) is 5.92 Å². The molecule has 1 atom stereocenters. The fourth-order valence-electron chi connectivity index (χ4n) is 2.97. The minimum absolute atomic E-state index is 0.474. The van der Waals surface area contributed by atoms with Gasteiger partial charge in [0, 0.05) is 12.1 Å². The highest BCUT2D eigenvalue weighted by Gasteiger charge is 2.38. The molecular formula is C13H27N3. The number of nitrogens with zero attached hydrogens (tertiary/aromatic N) is 1. The van der Waals surface area contributed by atoms with Crippen LogP contribution in [0.25, 0.3) is 0 Å². The second kappa shape index (κ2) is 5.48. The lowest BCUT2D eigenvalue weighted by Gasteiger charge is -2.47. The molecule has 0 aromatic rings. The number of rotatable bonds is 5. The molecular weight excluding hydrogens is 198 g/mol. The van der Waals surface area contributed by atoms with Crippen molar-refractivity contribution in [3.8, 4) is 0 Å². The van der Waals surface area contributed by atoms with E-state index in [9.17, 15) is 0 Å². The van der Waals surface area contributed by atoms with Gasteiger partial charge in [-0.15, -0.1) is 0 Å². The molecule has 1 aliphatic carbocycles. The minimum Gasteiger partial charge on any atom is -0.316 e. The van der Waals surface area contributed by atoms with Gasteiger partial charge in [0.05, 0.1) is 0 Å². The van der Waals surface area contributed by atoms with Crippen LogP contribution in [0.3, 0.4) is 0 Å². The molecule has 94 valence electrons. The van der Waals surface area contributed by atoms with Gasteiger partial charge in [-0.3, -0.25) is 0 Å². The molecule has 2 aliphatic rings. The SMILES string of the molecule is CN(C)C1(CNCC2CCCNC2)CCC1. The van der Waals surface area contributed by atoms with Crippen molar-refractivity contribution in [2.45, 2.75) is 37.6 Å². The molecule has 0 radical (unpaired) electrons. The van der Waals surface area contributed by atoms with E-state index in [1.54, 1.807) is 0 Å². The van der Waals surface area contributed by atoms with Crippen molar-refractivity contribution in [1.82, 2.24) is 15.5 Å². The molecule has 0 aromatic carbocycles. The molecule has 1 unspecified atom stereocenters. The number of hydrogen-bond acceptors (Lipinski definition) is 3. The lowest BCUT2D eigenvalue weighted by molar-refractivity contribution is 0.0589. The zero-order valence-electron chi connectivity index (χ0n) is 10.9. The molecule has 0 amide bonds. The van der Waals surface area contributed by atoms with Crippen molar-refractivity contribution in [3.05, 3.63) is 0 Å². The largest absolute Gasteiger partial charge is 0.316 e. The highest BCUT2D eigenvalue weighted by molar-refractivity contribution is 4.97. The minimum atomic E-state index is 0.474. The standard InChI is InChI=1S/C13H27N3/c1-16(2)13(6-4-7-13)11-15-10-12-5-3-8-14-9-12/h12,14-15H,3-11H2,1-2H3. The molecule has 0 spiro atoms. The van der Waals surface area contributed by atoms with Crippen LogP contribution in [-0.4, -0.2) is 50.7 Å². The molecule has 3 heteroatoms. The average molecular weight is 225 g/mol. The predicted octanol–water partition coefficient (Wildman–Crippen LogP) is 1.06. The fourth-order valence-corrected chi connectivity index (χ4v) is 2.97. The van der Waals surface area contributed by atoms with E-state index in [2.05, 4.69) is 29.6 Å². The normalized spacial score (nSPS) is 29.1. The van der Waals surface area contributed by atoms with E-state index in [-0.39, 0.29) is 0 Å². The van der Waals surface area contributed by atoms with Crippen LogP contribution < -0.4 is 10.6 Å². The Bertz CT molecular complexity index is 205. The third kappa shape index (κ3) is 2.76. The van der Waals surface area contributed by atoms with Gasteiger partial charge in [0.15, 0.2) is 0 Å². The molecule has 2 fully saturated rings. The van der Waals surface area contributed by atoms with Gasteiger partial charge < -0.3 is 15.5 Å². The Hall–Kier alpha value is -0.120. The van der Waals surface area contributed by atoms with Gasteiger partial charge in [-0.1, -0.05) is 0 Å². The first-order chi connectivity index (χ1) is 7.73. The maximum absolute atomic E-state index is 3.70. The van der Waals surface area contributed by atoms with Crippen molar-refractivity contribution < 1.29 is 0 Å². The summed E-state index contributed by atoms with van der Waals surface area (Å²) < 4.78 is 0. The van der Waals surface area contributed by atoms with Crippen LogP contribution in [0.2, 0.25) is 0 Å². The Morgan fingerprint density at radius 3 is 2.62 bits per heavy atom. The molecule has 3 nitrogen and oxygen atoms in total. The Morgan fingerprint density at radius 2 is 2.12 bits per heavy atom. The first-order valence-corrected chi connectivity index (χ1v) is 6.82. The quantitative estimate of drug-likeness (QED) is 0.732. The van der Waals surface area contributed by atoms with E-state index in [1.165, 1.54) is 58.3 Å². The third-order valence-electron chi connectivity index (χ3n) is 4.52. The summed E-state index contributed by atoms with van der Waals surface area (Å²) in [6, 6.07) is 0. The number of piperidine rings is 1. The molecule has 0 aromatic heterocycles. The Kier molecular flexibility index (Phi) is 4.22. The highest BCUT2D eigenvalue weighted by Crippen LogP contribution is 2.35. The van der Waals surface area contributed by atoms with E-state index in [4.69, 9.17) is 0 Å². The van der Waals surface area contributed by atoms with Crippen LogP contribution in [0.15, 0.2) is 0 Å². The number of hydrogen-bond donors (Lipinski definition) is 2. The van der Waals surface area contributed by atoms with E-state index < -0.39 is 0 Å². The summed E-state index contributed by atoms with van der Waals surface area (Å²) in [5.41, 5.74) is 0.474. The van der Waals surface area contributed by atoms with Crippen LogP contribution in [0.1, 0.15) is 32.1 Å². The molecule has 0 bridgehead atoms. The van der Waals surface area contributed by atoms with Gasteiger partial charge in [-0.2, -0.15) is 0 Å². The van der Waals surface area contributed by atoms with Crippen LogP contribution in [0.5, 0.6) is 0 Å². The molecule has 1 saturated carbocycles. The lowest BCUT2D eigenvalue weighted by Crippen LogP contribution is -2.57. The summed E-state index contributed by atoms with van der Waals surface area (Å²) in [5, 5.41) is 7.18. The van der Waals surface area contributed by atoms with E-state index in [1.807, 2.05) is 0 Å². The first kappa shape index (κ1) is 12.3. The Balaban J connectivity index is 1.66. The zero-order chi connectivity index (χ0) is 11.4. The summed E-state index contributed by atoms with van der Waals surface area (Å²) >= 11 is 0. The molecule has 1 aliphatic heterocycles. The second-order valence-corrected chi connectivity index (χ2v) is 5.82. The number of nitrogens with one attached hydrogen (secondary N) is 2. The first-order valence-electron chi connectivity index (χ1n) is 6.82. The summed E-state index contributed by atoms with van der Waals surface area (Å²) in [6.07, 6.45) is 6.90. The summed E-state index contributed by atoms with van der Waals surface area (Å²) in [6.45, 7) is 4.80. The zero-order valence-corrected chi connectivity index (χ0v) is 10.9. The Labute approximate surface area is 100.0 Å². The van der Waals surface area contributed by atoms with Gasteiger partial charge in [0.1, 0.15) is 0 Å². The molecule has 16 heavy (non-hydrogen) atoms. The van der Waals surface area contributed by atoms with E-state index in [0.717, 1.165) is 5.92 Å². The second-order valence-electron chi connectivity index (χ2n) is 5.82. The van der Waals surface area contributed by atoms with Crippen molar-refractivity contribution >= 4 is 0 Å². The van der Waals surface area contributed by atoms with Gasteiger partial charge in [-0.05, 0) is 71.8 Å². The fraction of sp³-hybridized carbons (Fsp3) is 1.00. The van der Waals surface area contributed by atoms with Crippen molar-refractivity contribution in [2.75, 3.05) is 40.3 Å². The average Bonchev–Trinajstić information content (AvgIpc) is 2.23. The highest BCUT2D eigenvalue weighted by atomic mass is 15.2. The summed E-state index contributed by atoms with van der Waals surface area (Å²) in [7, 11) is 4.45. The molecule has 1 heterocycles. The smallest absolute Gasteiger partial charge is 0.0327 e. The topological polar surface area (TPSA) is 27.3 Å². The van der Waals surface area contributed by atoms with Gasteiger partial charge in [0.25, 0.3) is 0 Å². The van der Waals surface area contributed by atoms with Gasteiger partial charge in [0.2, 0.25) is 0 Å². The van der Waals surface area contributed by atoms with Crippen LogP contribution in [-0.2, 0) is 0 Å². The van der Waals surface area contributed by atoms with E-state index in [0.29, 0.717) is 5.54 Å². The van der Waals surface area contributed by atoms with Crippen molar-refractivity contribution in [3.63, 3.8) is 0 Å². The summed E-state index contributed by atoms with van der Waals surface area (Å²) in [5.74, 6) is 0.855. The van der Waals surface area contributed by atoms with Crippen LogP contribution in [0.4, 0.5) is 0 Å². The van der Waals surface area contributed by atoms with Crippen molar-refractivity contribution in [1.29, 1.82) is 0 Å². The predicted molar refractivity (Wildman–Crippen MR) is 68.7 cm³/mol. The molecule has 2 N–H and O–H groups in total. The molecule has 1 saturated heterocycles. The van der Waals surface area contributed by atoms with Crippen LogP contribution in [0, 0.1) is 5.92 Å². The van der Waals surface area contributed by atoms with Gasteiger partial charge in [-0.25, -0.2) is 0 Å². The molecule has 2 rings (SSSR count). The maximum atomic E-state index is 3.70. The van der Waals surface area contributed by atoms with E-state index >= 15 is 0 Å². The number of likely N-dealkylation sites (N-methyl/N-ethyl adjacent to an activating group) is 1. The van der Waals surface area contributed by atoms with Crippen LogP contribution >= 0.6 is 0 Å². The monoisotopic (exact) mass is 225 g/mol. The third-order valence-corrected chi connectivity index (χ3v) is 4.52.